The molecule has 6 unspecified atom stereocenters. The molecule has 12 heterocycles. The van der Waals surface area contributed by atoms with Crippen LogP contribution >= 0.6 is 75.5 Å². The van der Waals surface area contributed by atoms with Gasteiger partial charge in [0.05, 0.1) is 70.3 Å². The fourth-order valence-corrected chi connectivity index (χ4v) is 22.5. The maximum absolute atomic E-state index is 14.3. The summed E-state index contributed by atoms with van der Waals surface area (Å²) in [5.41, 5.74) is 6.81. The topological polar surface area (TPSA) is 442 Å². The van der Waals surface area contributed by atoms with Crippen molar-refractivity contribution in [3.8, 4) is 0 Å². The van der Waals surface area contributed by atoms with Crippen LogP contribution in [0.15, 0.2) is 144 Å². The molecule has 0 aromatic heterocycles. The van der Waals surface area contributed by atoms with Gasteiger partial charge in [0.2, 0.25) is 0 Å². The Balaban J connectivity index is 0.000000210. The van der Waals surface area contributed by atoms with E-state index in [1.807, 2.05) is 6.92 Å². The molecule has 18 N–H and O–H groups in total. The molecule has 6 saturated heterocycles. The van der Waals surface area contributed by atoms with E-state index in [2.05, 4.69) is 244 Å². The summed E-state index contributed by atoms with van der Waals surface area (Å²) in [6.07, 6.45) is 32.7. The lowest BCUT2D eigenvalue weighted by Crippen LogP contribution is -2.42. The first-order valence-corrected chi connectivity index (χ1v) is 62.1. The number of ether oxygens (including phenoxy) is 8. The van der Waals surface area contributed by atoms with Crippen LogP contribution in [-0.2, 0) is 37.9 Å². The van der Waals surface area contributed by atoms with E-state index in [0.717, 1.165) is 80.2 Å². The first-order chi connectivity index (χ1) is 59.2. The molecule has 24 atom stereocenters. The Morgan fingerprint density at radius 1 is 0.344 bits per heavy atom. The number of aliphatic hydroxyl groups is 6. The largest absolute Gasteiger partial charge is 0.390 e. The van der Waals surface area contributed by atoms with Crippen molar-refractivity contribution in [1.29, 1.82) is 0 Å². The molecule has 12 aliphatic rings. The smallest absolute Gasteiger partial charge is 0.323 e. The van der Waals surface area contributed by atoms with Gasteiger partial charge in [-0.1, -0.05) is 69.0 Å². The number of hydrogen-bond donors (Lipinski definition) is 18. The molecule has 128 heavy (non-hydrogen) atoms. The average Bonchev–Trinajstić information content (AvgIpc) is 1.66. The molecule has 0 radical (unpaired) electrons. The summed E-state index contributed by atoms with van der Waals surface area (Å²) in [5, 5.41) is 92.3. The Morgan fingerprint density at radius 3 is 0.836 bits per heavy atom. The molecular formula is C87H141ClFIN12O20P6. The normalized spacial score (nSPS) is 33.1. The first-order valence-electron chi connectivity index (χ1n) is 42.1. The third-order valence-corrected chi connectivity index (χ3v) is 33.4. The highest BCUT2D eigenvalue weighted by Gasteiger charge is 2.52. The van der Waals surface area contributed by atoms with Gasteiger partial charge in [-0.15, -0.1) is 90.7 Å². The van der Waals surface area contributed by atoms with Gasteiger partial charge in [-0.3, -0.25) is 0 Å². The van der Waals surface area contributed by atoms with Crippen molar-refractivity contribution in [2.45, 2.75) is 183 Å². The molecule has 12 amide bonds. The fraction of sp³-hybridized carbons (Fsp3) is 0.586. The summed E-state index contributed by atoms with van der Waals surface area (Å²) >= 11 is 8.51. The minimum Gasteiger partial charge on any atom is -0.390 e. The Morgan fingerprint density at radius 2 is 0.555 bits per heavy atom. The monoisotopic (exact) mass is 2040 g/mol. The number of alkyl halides is 3. The van der Waals surface area contributed by atoms with Gasteiger partial charge >= 0.3 is 36.2 Å². The third-order valence-electron chi connectivity index (χ3n) is 22.7. The number of amides is 12. The van der Waals surface area contributed by atoms with Gasteiger partial charge in [-0.2, -0.15) is 0 Å². The van der Waals surface area contributed by atoms with Crippen molar-refractivity contribution in [3.63, 3.8) is 0 Å². The molecule has 720 valence electrons. The summed E-state index contributed by atoms with van der Waals surface area (Å²) in [6.45, 7) is 43.6. The molecule has 6 fully saturated rings. The van der Waals surface area contributed by atoms with Crippen LogP contribution in [0.25, 0.3) is 0 Å². The molecule has 0 aliphatic carbocycles. The first kappa shape index (κ1) is 110. The van der Waals surface area contributed by atoms with Crippen LogP contribution in [0.2, 0.25) is 0 Å². The van der Waals surface area contributed by atoms with E-state index < -0.39 is 138 Å². The van der Waals surface area contributed by atoms with E-state index >= 15 is 0 Å². The van der Waals surface area contributed by atoms with Crippen LogP contribution in [0.4, 0.5) is 33.2 Å². The van der Waals surface area contributed by atoms with E-state index in [9.17, 15) is 63.8 Å². The number of urea groups is 6. The van der Waals surface area contributed by atoms with E-state index in [0.29, 0.717) is 62.9 Å². The molecular weight excluding hydrogens is 1900 g/mol. The van der Waals surface area contributed by atoms with Gasteiger partial charge in [0.1, 0.15) is 61.0 Å². The van der Waals surface area contributed by atoms with Crippen LogP contribution in [0.3, 0.4) is 0 Å². The minimum atomic E-state index is -1.54. The van der Waals surface area contributed by atoms with Crippen LogP contribution < -0.4 is 63.8 Å². The predicted molar refractivity (Wildman–Crippen MR) is 537 cm³/mol. The molecule has 0 saturated carbocycles. The minimum absolute atomic E-state index is 0.0407. The zero-order valence-electron chi connectivity index (χ0n) is 76.5. The van der Waals surface area contributed by atoms with Crippen molar-refractivity contribution in [1.82, 2.24) is 63.8 Å². The van der Waals surface area contributed by atoms with E-state index in [4.69, 9.17) is 49.5 Å². The van der Waals surface area contributed by atoms with Gasteiger partial charge in [0, 0.05) is 125 Å². The zero-order valence-corrected chi connectivity index (χ0v) is 84.8. The third kappa shape index (κ3) is 31.9. The highest BCUT2D eigenvalue weighted by atomic mass is 127. The van der Waals surface area contributed by atoms with Crippen LogP contribution in [-0.4, -0.2) is 373 Å². The molecule has 0 aromatic rings. The van der Waals surface area contributed by atoms with E-state index in [1.165, 1.54) is 12.4 Å². The second-order valence-electron chi connectivity index (χ2n) is 37.9. The van der Waals surface area contributed by atoms with Gasteiger partial charge in [0.25, 0.3) is 0 Å². The van der Waals surface area contributed by atoms with Crippen LogP contribution in [0.5, 0.6) is 0 Å². The lowest BCUT2D eigenvalue weighted by Gasteiger charge is -2.25. The number of carbonyl (C=O) groups excluding carboxylic acids is 6. The number of aliphatic hydroxyl groups excluding tert-OH is 6. The number of carbonyl (C=O) groups is 6. The Kier molecular flexibility index (Phi) is 40.1. The number of nitrogens with one attached hydrogen (secondary N) is 12. The molecule has 0 aromatic carbocycles. The number of halogens is 3. The summed E-state index contributed by atoms with van der Waals surface area (Å²) in [7, 11) is 3.09. The van der Waals surface area contributed by atoms with E-state index in [1.54, 1.807) is 39.0 Å². The van der Waals surface area contributed by atoms with Crippen molar-refractivity contribution < 1.29 is 102 Å². The Hall–Kier alpha value is -5.31. The number of rotatable bonds is 26. The second-order valence-corrected chi connectivity index (χ2v) is 65.7. The maximum Gasteiger partial charge on any atom is 0.323 e. The van der Waals surface area contributed by atoms with Crippen molar-refractivity contribution in [2.75, 3.05) is 131 Å². The highest BCUT2D eigenvalue weighted by molar-refractivity contribution is 14.1. The van der Waals surface area contributed by atoms with Gasteiger partial charge in [-0.25, -0.2) is 33.2 Å². The summed E-state index contributed by atoms with van der Waals surface area (Å²) in [5.74, 6) is -0.0407. The lowest BCUT2D eigenvalue weighted by molar-refractivity contribution is 0.000132. The average molecular weight is 2040 g/mol. The lowest BCUT2D eigenvalue weighted by atomic mass is 9.92. The number of hydrogen-bond acceptors (Lipinski definition) is 20. The quantitative estimate of drug-likeness (QED) is 0.0222. The summed E-state index contributed by atoms with van der Waals surface area (Å²) < 4.78 is 60.8. The van der Waals surface area contributed by atoms with Gasteiger partial charge < -0.3 is 132 Å². The molecule has 0 spiro atoms. The highest BCUT2D eigenvalue weighted by Crippen LogP contribution is 2.47. The summed E-state index contributed by atoms with van der Waals surface area (Å²) in [6, 6.07) is -2.02. The molecule has 0 bridgehead atoms. The molecule has 32 nitrogen and oxygen atoms in total. The second kappa shape index (κ2) is 46.8. The van der Waals surface area contributed by atoms with Crippen LogP contribution in [0, 0.1) is 5.92 Å². The van der Waals surface area contributed by atoms with Gasteiger partial charge in [-0.05, 0) is 155 Å². The van der Waals surface area contributed by atoms with Crippen molar-refractivity contribution in [2.24, 2.45) is 5.92 Å². The van der Waals surface area contributed by atoms with Crippen molar-refractivity contribution in [3.05, 3.63) is 144 Å². The van der Waals surface area contributed by atoms with Crippen molar-refractivity contribution >= 4 is 149 Å². The standard InChI is InChI=1S/2C15H25N2O4P.C15H25N2O3P.C14H22ClN2O3P.C14H22FN2O3P.C14H22IN2O3P/c2*1-9-10(8-16-15(19)17-9)13-14(20-2)12(18)11(21-13)6-7-22(3,4)5;1-9-13(18)12(6-7-21(3,4)5)20-14(9)11-8-16-15(19)17-10(11)2;3*1-8-9(7-16-14(19)17-8)13-11(15)12(18)10(20-13)5-6-21(2,3)4/h2*8,11-14,18H,1,3,6-7H2,2,4-5H3,(H2,16,17,19);8-9,12-14,18H,2-3,6-7H2,1,4-5H3,(H2,16,17,19);3*7,10-13,18H,1-2,5-6H2,3-4H3,(H2,16,17,19)/t2*11-,12-,13?,14-;9-,12-,13+,14?;3*10-,11-,12-,13?/m111111/s1. The van der Waals surface area contributed by atoms with Crippen LogP contribution in [0.1, 0.15) is 45.4 Å². The number of methoxy groups -OCH3 is 2. The molecule has 41 heteroatoms. The van der Waals surface area contributed by atoms with E-state index in [-0.39, 0.29) is 82.7 Å². The zero-order chi connectivity index (χ0) is 96.1. The fourth-order valence-electron chi connectivity index (χ4n) is 15.4. The Bertz CT molecular complexity index is 4190. The maximum atomic E-state index is 14.3. The Labute approximate surface area is 774 Å². The predicted octanol–water partition coefficient (Wildman–Crippen LogP) is 7.96. The SMILES string of the molecule is C=C1NC(=O)NC=C1C1O[C@H](CCP(=C)(C)C)[C@@H](O)[C@H]1C.C=C1NC(=O)NC=C1C1O[C@H](CCP(=C)(C)C)[C@@H](O)[C@H]1Cl.C=C1NC(=O)NC=C1C1O[C@H](CCP(=C)(C)C)[C@@H](O)[C@H]1F.C=C1NC(=O)NC=C1C1O[C@H](CCP(=C)(C)C)[C@@H](O)[C@H]1I.C=C1NC(=O)NC=C1C1O[C@H](CCP(=C)(C)C)[C@@H](O)[C@H]1OC.C=C1NC(=O)NC=C1C1O[C@H](CCP(=C)(C)C)[C@@H](O)[C@H]1OC. The summed E-state index contributed by atoms with van der Waals surface area (Å²) in [4.78, 5) is 67.4. The molecule has 12 aliphatic heterocycles. The van der Waals surface area contributed by atoms with Gasteiger partial charge in [0.15, 0.2) is 6.17 Å². The molecule has 12 rings (SSSR count).